The monoisotopic (exact) mass is 169 g/mol. The van der Waals surface area contributed by atoms with Gasteiger partial charge in [-0.2, -0.15) is 5.26 Å². The molecule has 0 radical (unpaired) electrons. The number of hydrogen-bond donors (Lipinski definition) is 0. The Labute approximate surface area is 75.8 Å². The molecule has 3 rings (SSSR count). The summed E-state index contributed by atoms with van der Waals surface area (Å²) in [5.41, 5.74) is 3.54. The van der Waals surface area contributed by atoms with Gasteiger partial charge in [0.25, 0.3) is 0 Å². The van der Waals surface area contributed by atoms with Crippen LogP contribution in [0.15, 0.2) is 34.5 Å². The number of hydrogen-bond acceptors (Lipinski definition) is 2. The van der Waals surface area contributed by atoms with Gasteiger partial charge in [0.1, 0.15) is 5.76 Å². The Hall–Kier alpha value is -1.75. The van der Waals surface area contributed by atoms with Gasteiger partial charge in [-0.05, 0) is 17.2 Å². The smallest absolute Gasteiger partial charge is 0.113 e. The van der Waals surface area contributed by atoms with E-state index in [1.54, 1.807) is 6.26 Å². The molecule has 2 heteroatoms. The topological polar surface area (TPSA) is 36.9 Å². The van der Waals surface area contributed by atoms with Gasteiger partial charge >= 0.3 is 0 Å². The zero-order chi connectivity index (χ0) is 8.84. The molecule has 2 aliphatic carbocycles. The maximum atomic E-state index is 8.92. The van der Waals surface area contributed by atoms with Gasteiger partial charge in [-0.15, -0.1) is 0 Å². The third-order valence-corrected chi connectivity index (χ3v) is 2.70. The molecule has 0 saturated carbocycles. The van der Waals surface area contributed by atoms with E-state index in [9.17, 15) is 0 Å². The Bertz CT molecular complexity index is 471. The second-order valence-corrected chi connectivity index (χ2v) is 3.35. The van der Waals surface area contributed by atoms with E-state index in [4.69, 9.17) is 9.68 Å². The fraction of sp³-hybridized carbons (Fsp3) is 0.182. The first-order valence-corrected chi connectivity index (χ1v) is 4.29. The molecule has 0 aromatic carbocycles. The van der Waals surface area contributed by atoms with Crippen LogP contribution in [0, 0.1) is 17.2 Å². The van der Waals surface area contributed by atoms with Crippen LogP contribution >= 0.6 is 0 Å². The van der Waals surface area contributed by atoms with Crippen LogP contribution in [-0.4, -0.2) is 0 Å². The summed E-state index contributed by atoms with van der Waals surface area (Å²) in [6.07, 6.45) is 6.50. The molecule has 0 saturated heterocycles. The quantitative estimate of drug-likeness (QED) is 0.597. The maximum absolute atomic E-state index is 8.92. The normalized spacial score (nSPS) is 23.2. The first-order valence-electron chi connectivity index (χ1n) is 4.29. The van der Waals surface area contributed by atoms with Gasteiger partial charge in [-0.1, -0.05) is 12.2 Å². The molecule has 1 aromatic rings. The van der Waals surface area contributed by atoms with Gasteiger partial charge < -0.3 is 4.42 Å². The van der Waals surface area contributed by atoms with Crippen LogP contribution in [0.3, 0.4) is 0 Å². The second-order valence-electron chi connectivity index (χ2n) is 3.35. The maximum Gasteiger partial charge on any atom is 0.113 e. The molecule has 0 spiro atoms. The molecule has 2 aliphatic rings. The Kier molecular flexibility index (Phi) is 1.11. The Balaban J connectivity index is 2.19. The third-order valence-electron chi connectivity index (χ3n) is 2.70. The fourth-order valence-electron chi connectivity index (χ4n) is 1.96. The first-order chi connectivity index (χ1) is 6.40. The van der Waals surface area contributed by atoms with Gasteiger partial charge in [0.2, 0.25) is 0 Å². The molecule has 62 valence electrons. The standard InChI is InChI=1S/C11H7NO/c12-6-7-5-11-10(3-4-13-11)9-2-1-8(7)9/h1-4,7H,5H2. The number of allylic oxidation sites excluding steroid dienone is 4. The van der Waals surface area contributed by atoms with E-state index in [-0.39, 0.29) is 5.92 Å². The van der Waals surface area contributed by atoms with Crippen LogP contribution in [0.4, 0.5) is 0 Å². The van der Waals surface area contributed by atoms with Crippen molar-refractivity contribution in [3.8, 4) is 6.07 Å². The zero-order valence-corrected chi connectivity index (χ0v) is 6.95. The van der Waals surface area contributed by atoms with Gasteiger partial charge in [0.15, 0.2) is 0 Å². The molecular weight excluding hydrogens is 162 g/mol. The van der Waals surface area contributed by atoms with Crippen LogP contribution in [0.5, 0.6) is 0 Å². The molecular formula is C11H7NO. The second kappa shape index (κ2) is 2.14. The van der Waals surface area contributed by atoms with Crippen LogP contribution in [-0.2, 0) is 6.42 Å². The molecule has 0 amide bonds. The average Bonchev–Trinajstić information content (AvgIpc) is 2.50. The summed E-state index contributed by atoms with van der Waals surface area (Å²) in [6.45, 7) is 0. The summed E-state index contributed by atoms with van der Waals surface area (Å²) in [5.74, 6) is 0.952. The minimum absolute atomic E-state index is 0.00125. The van der Waals surface area contributed by atoms with Gasteiger partial charge in [-0.25, -0.2) is 0 Å². The Morgan fingerprint density at radius 1 is 1.46 bits per heavy atom. The summed E-state index contributed by atoms with van der Waals surface area (Å²) in [7, 11) is 0. The van der Waals surface area contributed by atoms with Crippen molar-refractivity contribution in [3.05, 3.63) is 41.4 Å². The number of nitrogens with zero attached hydrogens (tertiary/aromatic N) is 1. The van der Waals surface area contributed by atoms with E-state index >= 15 is 0 Å². The SMILES string of the molecule is N#CC1Cc2occc2C2=C1C=C2. The van der Waals surface area contributed by atoms with Crippen molar-refractivity contribution in [2.24, 2.45) is 5.92 Å². The van der Waals surface area contributed by atoms with E-state index in [2.05, 4.69) is 6.07 Å². The molecule has 1 aromatic heterocycles. The lowest BCUT2D eigenvalue weighted by Crippen LogP contribution is -2.15. The van der Waals surface area contributed by atoms with Crippen molar-refractivity contribution in [1.82, 2.24) is 0 Å². The first kappa shape index (κ1) is 6.73. The van der Waals surface area contributed by atoms with E-state index in [0.717, 1.165) is 12.2 Å². The van der Waals surface area contributed by atoms with E-state index in [0.29, 0.717) is 0 Å². The van der Waals surface area contributed by atoms with E-state index < -0.39 is 0 Å². The highest BCUT2D eigenvalue weighted by Gasteiger charge is 2.30. The van der Waals surface area contributed by atoms with Crippen molar-refractivity contribution >= 4 is 5.57 Å². The lowest BCUT2D eigenvalue weighted by molar-refractivity contribution is 0.489. The van der Waals surface area contributed by atoms with Crippen molar-refractivity contribution in [3.63, 3.8) is 0 Å². The van der Waals surface area contributed by atoms with Crippen molar-refractivity contribution in [2.45, 2.75) is 6.42 Å². The predicted molar refractivity (Wildman–Crippen MR) is 47.6 cm³/mol. The summed E-state index contributed by atoms with van der Waals surface area (Å²) in [4.78, 5) is 0. The van der Waals surface area contributed by atoms with Crippen LogP contribution in [0.1, 0.15) is 11.3 Å². The minimum atomic E-state index is -0.00125. The molecule has 0 fully saturated rings. The van der Waals surface area contributed by atoms with Gasteiger partial charge in [0.05, 0.1) is 18.3 Å². The molecule has 13 heavy (non-hydrogen) atoms. The third kappa shape index (κ3) is 0.714. The summed E-state index contributed by atoms with van der Waals surface area (Å²) in [5, 5.41) is 8.92. The lowest BCUT2D eigenvalue weighted by atomic mass is 9.77. The molecule has 0 aliphatic heterocycles. The van der Waals surface area contributed by atoms with E-state index in [1.807, 2.05) is 18.2 Å². The van der Waals surface area contributed by atoms with Gasteiger partial charge in [-0.3, -0.25) is 0 Å². The summed E-state index contributed by atoms with van der Waals surface area (Å²) >= 11 is 0. The number of fused-ring (bicyclic) bond motifs is 2. The Morgan fingerprint density at radius 3 is 3.08 bits per heavy atom. The Morgan fingerprint density at radius 2 is 2.38 bits per heavy atom. The van der Waals surface area contributed by atoms with Crippen molar-refractivity contribution < 1.29 is 4.42 Å². The number of furan rings is 1. The van der Waals surface area contributed by atoms with Gasteiger partial charge in [0, 0.05) is 12.0 Å². The largest absolute Gasteiger partial charge is 0.469 e. The molecule has 1 heterocycles. The molecule has 2 nitrogen and oxygen atoms in total. The zero-order valence-electron chi connectivity index (χ0n) is 6.95. The highest BCUT2D eigenvalue weighted by atomic mass is 16.3. The highest BCUT2D eigenvalue weighted by molar-refractivity contribution is 5.88. The van der Waals surface area contributed by atoms with Crippen LogP contribution in [0.2, 0.25) is 0 Å². The number of rotatable bonds is 0. The average molecular weight is 169 g/mol. The molecule has 1 atom stereocenters. The van der Waals surface area contributed by atoms with Crippen molar-refractivity contribution in [1.29, 1.82) is 5.26 Å². The predicted octanol–water partition coefficient (Wildman–Crippen LogP) is 2.30. The van der Waals surface area contributed by atoms with E-state index in [1.165, 1.54) is 16.7 Å². The highest BCUT2D eigenvalue weighted by Crippen LogP contribution is 2.41. The molecule has 1 unspecified atom stereocenters. The molecule has 0 bridgehead atoms. The van der Waals surface area contributed by atoms with Crippen molar-refractivity contribution in [2.75, 3.05) is 0 Å². The minimum Gasteiger partial charge on any atom is -0.469 e. The summed E-state index contributed by atoms with van der Waals surface area (Å²) < 4.78 is 5.32. The number of nitriles is 1. The fourth-order valence-corrected chi connectivity index (χ4v) is 1.96. The van der Waals surface area contributed by atoms with Crippen LogP contribution < -0.4 is 0 Å². The van der Waals surface area contributed by atoms with Crippen LogP contribution in [0.25, 0.3) is 5.57 Å². The molecule has 0 N–H and O–H groups in total. The summed E-state index contributed by atoms with van der Waals surface area (Å²) in [6, 6.07) is 4.27. The lowest BCUT2D eigenvalue weighted by Gasteiger charge is -2.25.